The first-order valence-corrected chi connectivity index (χ1v) is 6.59. The second-order valence-electron chi connectivity index (χ2n) is 6.13. The lowest BCUT2D eigenvalue weighted by Gasteiger charge is -2.10. The van der Waals surface area contributed by atoms with Gasteiger partial charge in [-0.15, -0.1) is 24.0 Å². The molecule has 0 bridgehead atoms. The molecule has 3 nitrogen and oxygen atoms in total. The standard InChI is InChI=1S/C15H23N3.HI/c1-10(2)11-6-5-7-12(8-11)17-14(16)18-13-9-15(13,3)4;/h5-8,10,13H,9H2,1-4H3,(H3,16,17,18);1H. The minimum atomic E-state index is 0. The molecule has 3 N–H and O–H groups in total. The zero-order valence-corrected chi connectivity index (χ0v) is 14.4. The van der Waals surface area contributed by atoms with Crippen molar-refractivity contribution in [3.8, 4) is 0 Å². The fourth-order valence-corrected chi connectivity index (χ4v) is 1.98. The van der Waals surface area contributed by atoms with Crippen LogP contribution in [0.15, 0.2) is 29.3 Å². The SMILES string of the molecule is CC(C)c1cccc(NC(N)=NC2CC2(C)C)c1.I. The number of halogens is 1. The average molecular weight is 373 g/mol. The van der Waals surface area contributed by atoms with Crippen LogP contribution in [0.5, 0.6) is 0 Å². The van der Waals surface area contributed by atoms with E-state index in [4.69, 9.17) is 5.73 Å². The fourth-order valence-electron chi connectivity index (χ4n) is 1.98. The Morgan fingerprint density at radius 1 is 1.42 bits per heavy atom. The lowest BCUT2D eigenvalue weighted by molar-refractivity contribution is 0.618. The van der Waals surface area contributed by atoms with Crippen molar-refractivity contribution in [1.29, 1.82) is 0 Å². The highest BCUT2D eigenvalue weighted by Crippen LogP contribution is 2.47. The van der Waals surface area contributed by atoms with Crippen LogP contribution in [0.1, 0.15) is 45.6 Å². The molecule has 0 amide bonds. The van der Waals surface area contributed by atoms with Crippen LogP contribution in [0.4, 0.5) is 5.69 Å². The normalized spacial score (nSPS) is 20.9. The second kappa shape index (κ2) is 6.11. The highest BCUT2D eigenvalue weighted by molar-refractivity contribution is 14.0. The molecule has 1 aliphatic rings. The van der Waals surface area contributed by atoms with E-state index in [1.54, 1.807) is 0 Å². The predicted octanol–water partition coefficient (Wildman–Crippen LogP) is 3.95. The van der Waals surface area contributed by atoms with E-state index in [9.17, 15) is 0 Å². The maximum Gasteiger partial charge on any atom is 0.193 e. The monoisotopic (exact) mass is 373 g/mol. The third kappa shape index (κ3) is 4.37. The van der Waals surface area contributed by atoms with Gasteiger partial charge in [0.15, 0.2) is 5.96 Å². The summed E-state index contributed by atoms with van der Waals surface area (Å²) in [4.78, 5) is 4.49. The number of anilines is 1. The molecule has 0 radical (unpaired) electrons. The van der Waals surface area contributed by atoms with Crippen molar-refractivity contribution in [2.45, 2.75) is 46.1 Å². The largest absolute Gasteiger partial charge is 0.370 e. The zero-order valence-electron chi connectivity index (χ0n) is 12.1. The third-order valence-electron chi connectivity index (χ3n) is 3.58. The number of hydrogen-bond acceptors (Lipinski definition) is 1. The molecular weight excluding hydrogens is 349 g/mol. The molecule has 1 aromatic rings. The summed E-state index contributed by atoms with van der Waals surface area (Å²) in [6.45, 7) is 8.80. The van der Waals surface area contributed by atoms with Crippen LogP contribution >= 0.6 is 24.0 Å². The summed E-state index contributed by atoms with van der Waals surface area (Å²) in [6, 6.07) is 8.70. The lowest BCUT2D eigenvalue weighted by atomic mass is 10.0. The summed E-state index contributed by atoms with van der Waals surface area (Å²) in [5.41, 5.74) is 8.58. The molecule has 2 rings (SSSR count). The van der Waals surface area contributed by atoms with Crippen molar-refractivity contribution in [1.82, 2.24) is 0 Å². The van der Waals surface area contributed by atoms with Crippen LogP contribution in [-0.4, -0.2) is 12.0 Å². The van der Waals surface area contributed by atoms with Crippen LogP contribution in [0.2, 0.25) is 0 Å². The maximum atomic E-state index is 5.93. The van der Waals surface area contributed by atoms with Crippen molar-refractivity contribution in [3.63, 3.8) is 0 Å². The Labute approximate surface area is 133 Å². The van der Waals surface area contributed by atoms with Crippen LogP contribution in [-0.2, 0) is 0 Å². The smallest absolute Gasteiger partial charge is 0.193 e. The number of guanidine groups is 1. The minimum Gasteiger partial charge on any atom is -0.370 e. The van der Waals surface area contributed by atoms with Crippen molar-refractivity contribution in [2.75, 3.05) is 5.32 Å². The van der Waals surface area contributed by atoms with Gasteiger partial charge >= 0.3 is 0 Å². The highest BCUT2D eigenvalue weighted by atomic mass is 127. The molecule has 1 fully saturated rings. The Hall–Kier alpha value is -0.780. The van der Waals surface area contributed by atoms with Gasteiger partial charge in [0.25, 0.3) is 0 Å². The molecule has 0 saturated heterocycles. The molecule has 0 heterocycles. The van der Waals surface area contributed by atoms with Crippen molar-refractivity contribution in [2.24, 2.45) is 16.1 Å². The first-order valence-electron chi connectivity index (χ1n) is 6.59. The van der Waals surface area contributed by atoms with Gasteiger partial charge in [0, 0.05) is 5.69 Å². The maximum absolute atomic E-state index is 5.93. The van der Waals surface area contributed by atoms with Gasteiger partial charge in [-0.2, -0.15) is 0 Å². The Morgan fingerprint density at radius 2 is 2.05 bits per heavy atom. The van der Waals surface area contributed by atoms with E-state index < -0.39 is 0 Å². The summed E-state index contributed by atoms with van der Waals surface area (Å²) in [6.07, 6.45) is 1.13. The van der Waals surface area contributed by atoms with Gasteiger partial charge in [-0.25, -0.2) is 4.99 Å². The number of nitrogens with zero attached hydrogens (tertiary/aromatic N) is 1. The van der Waals surface area contributed by atoms with Crippen molar-refractivity contribution < 1.29 is 0 Å². The van der Waals surface area contributed by atoms with Gasteiger partial charge < -0.3 is 11.1 Å². The van der Waals surface area contributed by atoms with Gasteiger partial charge in [-0.1, -0.05) is 39.8 Å². The number of benzene rings is 1. The van der Waals surface area contributed by atoms with Gasteiger partial charge in [0.1, 0.15) is 0 Å². The van der Waals surface area contributed by atoms with E-state index in [1.165, 1.54) is 5.56 Å². The minimum absolute atomic E-state index is 0. The molecule has 1 unspecified atom stereocenters. The molecule has 0 aromatic heterocycles. The topological polar surface area (TPSA) is 50.4 Å². The van der Waals surface area contributed by atoms with E-state index in [0.717, 1.165) is 12.1 Å². The van der Waals surface area contributed by atoms with Crippen LogP contribution in [0.3, 0.4) is 0 Å². The van der Waals surface area contributed by atoms with Crippen molar-refractivity contribution >= 4 is 35.6 Å². The van der Waals surface area contributed by atoms with Gasteiger partial charge in [-0.3, -0.25) is 0 Å². The van der Waals surface area contributed by atoms with E-state index in [0.29, 0.717) is 23.3 Å². The Bertz CT molecular complexity index is 466. The molecule has 0 aliphatic heterocycles. The molecular formula is C15H24IN3. The van der Waals surface area contributed by atoms with Gasteiger partial charge in [0.2, 0.25) is 0 Å². The molecule has 1 aromatic carbocycles. The molecule has 106 valence electrons. The zero-order chi connectivity index (χ0) is 13.3. The fraction of sp³-hybridized carbons (Fsp3) is 0.533. The molecule has 4 heteroatoms. The molecule has 19 heavy (non-hydrogen) atoms. The van der Waals surface area contributed by atoms with Crippen molar-refractivity contribution in [3.05, 3.63) is 29.8 Å². The molecule has 1 atom stereocenters. The quantitative estimate of drug-likeness (QED) is 0.479. The molecule has 0 spiro atoms. The molecule has 1 saturated carbocycles. The van der Waals surface area contributed by atoms with E-state index >= 15 is 0 Å². The number of hydrogen-bond donors (Lipinski definition) is 2. The van der Waals surface area contributed by atoms with E-state index in [2.05, 4.69) is 50.1 Å². The van der Waals surface area contributed by atoms with Crippen LogP contribution in [0, 0.1) is 5.41 Å². The highest BCUT2D eigenvalue weighted by Gasteiger charge is 2.45. The summed E-state index contributed by atoms with van der Waals surface area (Å²) in [7, 11) is 0. The summed E-state index contributed by atoms with van der Waals surface area (Å²) < 4.78 is 0. The summed E-state index contributed by atoms with van der Waals surface area (Å²) >= 11 is 0. The summed E-state index contributed by atoms with van der Waals surface area (Å²) in [5, 5.41) is 3.17. The first kappa shape index (κ1) is 16.3. The second-order valence-corrected chi connectivity index (χ2v) is 6.13. The number of rotatable bonds is 3. The van der Waals surface area contributed by atoms with E-state index in [-0.39, 0.29) is 24.0 Å². The van der Waals surface area contributed by atoms with Gasteiger partial charge in [-0.05, 0) is 35.4 Å². The molecule has 1 aliphatic carbocycles. The van der Waals surface area contributed by atoms with Crippen LogP contribution < -0.4 is 11.1 Å². The van der Waals surface area contributed by atoms with Crippen LogP contribution in [0.25, 0.3) is 0 Å². The number of nitrogens with one attached hydrogen (secondary N) is 1. The van der Waals surface area contributed by atoms with E-state index in [1.807, 2.05) is 12.1 Å². The van der Waals surface area contributed by atoms with Gasteiger partial charge in [0.05, 0.1) is 6.04 Å². The Balaban J connectivity index is 0.00000180. The average Bonchev–Trinajstić information content (AvgIpc) is 2.85. The number of nitrogens with two attached hydrogens (primary N) is 1. The Kier molecular flexibility index (Phi) is 5.24. The summed E-state index contributed by atoms with van der Waals surface area (Å²) in [5.74, 6) is 1.04. The third-order valence-corrected chi connectivity index (χ3v) is 3.58. The lowest BCUT2D eigenvalue weighted by Crippen LogP contribution is -2.23. The Morgan fingerprint density at radius 3 is 2.58 bits per heavy atom. The predicted molar refractivity (Wildman–Crippen MR) is 93.4 cm³/mol. The first-order chi connectivity index (χ1) is 8.38. The number of aliphatic imine (C=N–C) groups is 1.